The molecule has 0 aliphatic heterocycles. The fourth-order valence-corrected chi connectivity index (χ4v) is 3.68. The van der Waals surface area contributed by atoms with Gasteiger partial charge in [-0.05, 0) is 54.6 Å². The van der Waals surface area contributed by atoms with Crippen molar-refractivity contribution < 1.29 is 17.9 Å². The molecule has 1 amide bonds. The van der Waals surface area contributed by atoms with Crippen molar-refractivity contribution in [2.24, 2.45) is 0 Å². The molecule has 0 fully saturated rings. The van der Waals surface area contributed by atoms with Gasteiger partial charge in [-0.3, -0.25) is 9.52 Å². The topological polar surface area (TPSA) is 84.5 Å². The van der Waals surface area contributed by atoms with Crippen LogP contribution in [-0.4, -0.2) is 21.4 Å². The highest BCUT2D eigenvalue weighted by atomic mass is 32.2. The van der Waals surface area contributed by atoms with Crippen LogP contribution in [0.3, 0.4) is 0 Å². The van der Waals surface area contributed by atoms with Crippen LogP contribution in [0.2, 0.25) is 0 Å². The highest BCUT2D eigenvalue weighted by Gasteiger charge is 2.17. The highest BCUT2D eigenvalue weighted by Crippen LogP contribution is 2.26. The lowest BCUT2D eigenvalue weighted by Crippen LogP contribution is -2.15. The van der Waals surface area contributed by atoms with Crippen LogP contribution in [0.25, 0.3) is 0 Å². The zero-order valence-corrected chi connectivity index (χ0v) is 16.4. The fourth-order valence-electron chi connectivity index (χ4n) is 2.61. The molecule has 0 saturated heterocycles. The summed E-state index contributed by atoms with van der Waals surface area (Å²) >= 11 is 0. The average Bonchev–Trinajstić information content (AvgIpc) is 2.74. The molecule has 0 aromatic heterocycles. The molecule has 29 heavy (non-hydrogen) atoms. The lowest BCUT2D eigenvalue weighted by Gasteiger charge is -2.12. The molecule has 0 unspecified atom stereocenters. The van der Waals surface area contributed by atoms with Gasteiger partial charge in [0.15, 0.2) is 0 Å². The molecule has 0 radical (unpaired) electrons. The van der Waals surface area contributed by atoms with Crippen molar-refractivity contribution in [3.05, 3.63) is 83.9 Å². The predicted octanol–water partition coefficient (Wildman–Crippen LogP) is 3.73. The number of benzene rings is 3. The predicted molar refractivity (Wildman–Crippen MR) is 113 cm³/mol. The standard InChI is InChI=1S/C22H18N2O4S/c1-3-16-7-6-8-18(15-16)23-22(25)17-11-13-19(14-12-17)29(26,27)24-20-9-4-5-10-21(20)28-2/h1,4-15,24H,2H3,(H,23,25). The van der Waals surface area contributed by atoms with Crippen molar-refractivity contribution in [2.45, 2.75) is 4.90 Å². The number of rotatable bonds is 6. The van der Waals surface area contributed by atoms with Gasteiger partial charge >= 0.3 is 0 Å². The van der Waals surface area contributed by atoms with Gasteiger partial charge in [0, 0.05) is 16.8 Å². The second-order valence-corrected chi connectivity index (χ2v) is 7.69. The first-order valence-electron chi connectivity index (χ1n) is 8.57. The third-order valence-corrected chi connectivity index (χ3v) is 5.45. The molecule has 0 atom stereocenters. The summed E-state index contributed by atoms with van der Waals surface area (Å²) in [5, 5.41) is 2.73. The Morgan fingerprint density at radius 2 is 1.72 bits per heavy atom. The molecular weight excluding hydrogens is 388 g/mol. The van der Waals surface area contributed by atoms with Gasteiger partial charge in [0.1, 0.15) is 5.75 Å². The van der Waals surface area contributed by atoms with Gasteiger partial charge in [-0.1, -0.05) is 24.1 Å². The molecule has 3 aromatic carbocycles. The molecule has 2 N–H and O–H groups in total. The molecule has 0 aliphatic rings. The summed E-state index contributed by atoms with van der Waals surface area (Å²) in [7, 11) is -2.38. The van der Waals surface area contributed by atoms with E-state index >= 15 is 0 Å². The Hall–Kier alpha value is -3.76. The minimum atomic E-state index is -3.84. The number of anilines is 2. The van der Waals surface area contributed by atoms with Gasteiger partial charge in [-0.25, -0.2) is 8.42 Å². The largest absolute Gasteiger partial charge is 0.495 e. The monoisotopic (exact) mass is 406 g/mol. The van der Waals surface area contributed by atoms with Crippen molar-refractivity contribution in [3.8, 4) is 18.1 Å². The first kappa shape index (κ1) is 20.0. The third kappa shape index (κ3) is 4.75. The lowest BCUT2D eigenvalue weighted by atomic mass is 10.2. The number of hydrogen-bond donors (Lipinski definition) is 2. The molecule has 0 bridgehead atoms. The SMILES string of the molecule is C#Cc1cccc(NC(=O)c2ccc(S(=O)(=O)Nc3ccccc3OC)cc2)c1. The Labute approximate surface area is 169 Å². The van der Waals surface area contributed by atoms with Crippen LogP contribution in [0.1, 0.15) is 15.9 Å². The van der Waals surface area contributed by atoms with Crippen LogP contribution < -0.4 is 14.8 Å². The molecule has 0 aliphatic carbocycles. The van der Waals surface area contributed by atoms with Gasteiger partial charge in [-0.15, -0.1) is 6.42 Å². The second kappa shape index (κ2) is 8.50. The zero-order chi connectivity index (χ0) is 20.9. The van der Waals surface area contributed by atoms with Gasteiger partial charge in [-0.2, -0.15) is 0 Å². The third-order valence-electron chi connectivity index (χ3n) is 4.07. The van der Waals surface area contributed by atoms with E-state index in [1.54, 1.807) is 48.5 Å². The summed E-state index contributed by atoms with van der Waals surface area (Å²) in [4.78, 5) is 12.4. The summed E-state index contributed by atoms with van der Waals surface area (Å²) in [5.74, 6) is 2.53. The maximum Gasteiger partial charge on any atom is 0.262 e. The van der Waals surface area contributed by atoms with Crippen molar-refractivity contribution in [1.82, 2.24) is 0 Å². The number of carbonyl (C=O) groups is 1. The summed E-state index contributed by atoms with van der Waals surface area (Å²) in [6, 6.07) is 19.2. The average molecular weight is 406 g/mol. The number of ether oxygens (including phenoxy) is 1. The Balaban J connectivity index is 1.76. The molecule has 3 aromatic rings. The Morgan fingerprint density at radius 3 is 2.41 bits per heavy atom. The lowest BCUT2D eigenvalue weighted by molar-refractivity contribution is 0.102. The van der Waals surface area contributed by atoms with E-state index in [1.165, 1.54) is 31.4 Å². The smallest absolute Gasteiger partial charge is 0.262 e. The molecule has 3 rings (SSSR count). The van der Waals surface area contributed by atoms with Crippen LogP contribution in [0, 0.1) is 12.3 Å². The van der Waals surface area contributed by atoms with E-state index in [9.17, 15) is 13.2 Å². The van der Waals surface area contributed by atoms with Crippen LogP contribution in [0.4, 0.5) is 11.4 Å². The molecular formula is C22H18N2O4S. The van der Waals surface area contributed by atoms with Gasteiger partial charge in [0.2, 0.25) is 0 Å². The highest BCUT2D eigenvalue weighted by molar-refractivity contribution is 7.92. The van der Waals surface area contributed by atoms with Crippen molar-refractivity contribution >= 4 is 27.3 Å². The first-order valence-corrected chi connectivity index (χ1v) is 10.1. The van der Waals surface area contributed by atoms with E-state index in [4.69, 9.17) is 11.2 Å². The number of carbonyl (C=O) groups excluding carboxylic acids is 1. The van der Waals surface area contributed by atoms with Gasteiger partial charge in [0.25, 0.3) is 15.9 Å². The van der Waals surface area contributed by atoms with E-state index in [0.29, 0.717) is 28.3 Å². The Bertz CT molecular complexity index is 1180. The molecule has 6 nitrogen and oxygen atoms in total. The summed E-state index contributed by atoms with van der Waals surface area (Å²) in [6.45, 7) is 0. The number of hydrogen-bond acceptors (Lipinski definition) is 4. The van der Waals surface area contributed by atoms with Crippen molar-refractivity contribution in [2.75, 3.05) is 17.1 Å². The number of para-hydroxylation sites is 2. The molecule has 7 heteroatoms. The maximum atomic E-state index is 12.6. The van der Waals surface area contributed by atoms with Crippen LogP contribution in [0.15, 0.2) is 77.7 Å². The number of methoxy groups -OCH3 is 1. The van der Waals surface area contributed by atoms with Crippen molar-refractivity contribution in [1.29, 1.82) is 0 Å². The van der Waals surface area contributed by atoms with Crippen LogP contribution in [-0.2, 0) is 10.0 Å². The minimum absolute atomic E-state index is 0.0225. The van der Waals surface area contributed by atoms with Gasteiger partial charge < -0.3 is 10.1 Å². The Morgan fingerprint density at radius 1 is 1.00 bits per heavy atom. The number of amides is 1. The molecule has 0 heterocycles. The quantitative estimate of drug-likeness (QED) is 0.611. The van der Waals surface area contributed by atoms with E-state index in [1.807, 2.05) is 0 Å². The summed E-state index contributed by atoms with van der Waals surface area (Å²) in [5.41, 5.74) is 1.84. The molecule has 0 saturated carbocycles. The maximum absolute atomic E-state index is 12.6. The van der Waals surface area contributed by atoms with E-state index in [0.717, 1.165) is 0 Å². The summed E-state index contributed by atoms with van der Waals surface area (Å²) < 4.78 is 32.9. The van der Waals surface area contributed by atoms with Gasteiger partial charge in [0.05, 0.1) is 17.7 Å². The van der Waals surface area contributed by atoms with Crippen LogP contribution in [0.5, 0.6) is 5.75 Å². The molecule has 0 spiro atoms. The van der Waals surface area contributed by atoms with E-state index < -0.39 is 10.0 Å². The second-order valence-electron chi connectivity index (χ2n) is 6.01. The minimum Gasteiger partial charge on any atom is -0.495 e. The first-order chi connectivity index (χ1) is 13.9. The number of nitrogens with one attached hydrogen (secondary N) is 2. The van der Waals surface area contributed by atoms with Crippen LogP contribution >= 0.6 is 0 Å². The van der Waals surface area contributed by atoms with E-state index in [2.05, 4.69) is 16.0 Å². The van der Waals surface area contributed by atoms with E-state index in [-0.39, 0.29) is 10.8 Å². The number of sulfonamides is 1. The molecule has 146 valence electrons. The zero-order valence-electron chi connectivity index (χ0n) is 15.5. The van der Waals surface area contributed by atoms with Crippen molar-refractivity contribution in [3.63, 3.8) is 0 Å². The fraction of sp³-hybridized carbons (Fsp3) is 0.0455. The number of terminal acetylenes is 1. The Kier molecular flexibility index (Phi) is 5.86. The summed E-state index contributed by atoms with van der Waals surface area (Å²) in [6.07, 6.45) is 5.36. The normalized spacial score (nSPS) is 10.6.